The molecule has 1 aromatic rings. The summed E-state index contributed by atoms with van der Waals surface area (Å²) < 4.78 is 32.4. The van der Waals surface area contributed by atoms with E-state index in [0.29, 0.717) is 12.1 Å². The molecule has 0 heterocycles. The molecule has 12 heteroatoms. The van der Waals surface area contributed by atoms with Crippen molar-refractivity contribution in [2.75, 3.05) is 0 Å². The molecule has 9 nitrogen and oxygen atoms in total. The maximum atomic E-state index is 10.8. The number of nitro groups is 2. The van der Waals surface area contributed by atoms with E-state index in [4.69, 9.17) is 11.6 Å². The molecule has 0 spiro atoms. The van der Waals surface area contributed by atoms with Crippen molar-refractivity contribution in [2.24, 2.45) is 0 Å². The van der Waals surface area contributed by atoms with Gasteiger partial charge in [0, 0.05) is 12.1 Å². The first-order chi connectivity index (χ1) is 7.66. The van der Waals surface area contributed by atoms with Gasteiger partial charge in [0.2, 0.25) is 0 Å². The van der Waals surface area contributed by atoms with Crippen LogP contribution in [0.3, 0.4) is 0 Å². The van der Waals surface area contributed by atoms with Gasteiger partial charge in [-0.05, 0) is 0 Å². The van der Waals surface area contributed by atoms with Gasteiger partial charge in [0.1, 0.15) is 15.1 Å². The largest absolute Gasteiger partial charge is 1.00 e. The van der Waals surface area contributed by atoms with Crippen molar-refractivity contribution < 1.29 is 41.7 Å². The van der Waals surface area contributed by atoms with Gasteiger partial charge in [-0.2, -0.15) is 0 Å². The Bertz CT molecular complexity index is 617. The van der Waals surface area contributed by atoms with Crippen molar-refractivity contribution in [3.63, 3.8) is 0 Å². The zero-order valence-corrected chi connectivity index (χ0v) is 10.3. The molecule has 0 bridgehead atoms. The monoisotopic (exact) mass is 288 g/mol. The number of hydrogen-bond donors (Lipinski definition) is 0. The van der Waals surface area contributed by atoms with Crippen LogP contribution in [0.2, 0.25) is 5.02 Å². The fraction of sp³-hybridized carbons (Fsp3) is 0. The molecule has 0 aliphatic carbocycles. The first kappa shape index (κ1) is 16.8. The third-order valence-corrected chi connectivity index (χ3v) is 3.11. The zero-order chi connectivity index (χ0) is 13.4. The van der Waals surface area contributed by atoms with Crippen molar-refractivity contribution in [1.82, 2.24) is 0 Å². The van der Waals surface area contributed by atoms with Crippen LogP contribution in [0.25, 0.3) is 0 Å². The quantitative estimate of drug-likeness (QED) is 0.272. The Hall–Kier alpha value is -1.18. The Balaban J connectivity index is 0.00000289. The van der Waals surface area contributed by atoms with E-state index in [9.17, 15) is 33.2 Å². The topological polar surface area (TPSA) is 143 Å². The molecule has 0 fully saturated rings. The van der Waals surface area contributed by atoms with Crippen molar-refractivity contribution in [3.8, 4) is 0 Å². The third-order valence-electron chi connectivity index (χ3n) is 1.70. The summed E-state index contributed by atoms with van der Waals surface area (Å²) in [5.41, 5.74) is -2.00. The van der Waals surface area contributed by atoms with Crippen LogP contribution < -0.4 is 18.9 Å². The summed E-state index contributed by atoms with van der Waals surface area (Å²) >= 11 is 5.31. The number of nitro benzene ring substituents is 2. The fourth-order valence-corrected chi connectivity index (χ4v) is 2.29. The molecule has 1 rings (SSSR count). The molecule has 0 saturated heterocycles. The molecule has 0 radical (unpaired) electrons. The second kappa shape index (κ2) is 5.64. The Morgan fingerprint density at radius 2 is 1.44 bits per heavy atom. The number of rotatable bonds is 3. The third kappa shape index (κ3) is 3.18. The maximum absolute atomic E-state index is 10.8. The number of hydrogen-bond acceptors (Lipinski definition) is 7. The Morgan fingerprint density at radius 3 is 1.78 bits per heavy atom. The van der Waals surface area contributed by atoms with E-state index in [1.54, 1.807) is 0 Å². The molecule has 0 atom stereocenters. The molecule has 0 N–H and O–H groups in total. The normalized spacial score (nSPS) is 10.6. The van der Waals surface area contributed by atoms with Crippen LogP contribution in [-0.2, 0) is 10.1 Å². The van der Waals surface area contributed by atoms with Gasteiger partial charge < -0.3 is 4.55 Å². The Morgan fingerprint density at radius 1 is 1.06 bits per heavy atom. The molecule has 92 valence electrons. The average molecular weight is 289 g/mol. The first-order valence-electron chi connectivity index (χ1n) is 3.73. The van der Waals surface area contributed by atoms with Crippen LogP contribution in [0, 0.1) is 20.2 Å². The van der Waals surface area contributed by atoms with Gasteiger partial charge >= 0.3 is 18.9 Å². The standard InChI is InChI=1S/C6H3ClN2O7S.Li/c7-5-3(8(10)11)1-2-4(9(12)13)6(5)17(14,15)16;/h1-2H,(H,14,15,16);/q;+1/p-1. The van der Waals surface area contributed by atoms with Gasteiger partial charge in [0.25, 0.3) is 11.4 Å². The van der Waals surface area contributed by atoms with Crippen molar-refractivity contribution in [1.29, 1.82) is 0 Å². The number of benzene rings is 1. The minimum atomic E-state index is -5.29. The zero-order valence-electron chi connectivity index (χ0n) is 8.69. The smallest absolute Gasteiger partial charge is 0.744 e. The Kier molecular flexibility index (Phi) is 5.27. The summed E-state index contributed by atoms with van der Waals surface area (Å²) in [5, 5.41) is 19.8. The summed E-state index contributed by atoms with van der Waals surface area (Å²) in [4.78, 5) is 17.3. The first-order valence-corrected chi connectivity index (χ1v) is 5.52. The van der Waals surface area contributed by atoms with E-state index in [2.05, 4.69) is 0 Å². The van der Waals surface area contributed by atoms with Gasteiger partial charge in [-0.1, -0.05) is 11.6 Å². The second-order valence-corrected chi connectivity index (χ2v) is 4.41. The van der Waals surface area contributed by atoms with E-state index in [1.807, 2.05) is 0 Å². The molecule has 18 heavy (non-hydrogen) atoms. The van der Waals surface area contributed by atoms with Crippen molar-refractivity contribution in [3.05, 3.63) is 37.4 Å². The molecule has 0 aliphatic rings. The average Bonchev–Trinajstić information content (AvgIpc) is 2.14. The van der Waals surface area contributed by atoms with E-state index < -0.39 is 41.3 Å². The molecular weight excluding hydrogens is 287 g/mol. The van der Waals surface area contributed by atoms with Crippen molar-refractivity contribution >= 4 is 33.1 Å². The summed E-state index contributed by atoms with van der Waals surface area (Å²) in [6.45, 7) is 0. The summed E-state index contributed by atoms with van der Waals surface area (Å²) in [6.07, 6.45) is 0. The minimum Gasteiger partial charge on any atom is -0.744 e. The summed E-state index contributed by atoms with van der Waals surface area (Å²) in [5.74, 6) is 0. The molecule has 0 unspecified atom stereocenters. The fourth-order valence-electron chi connectivity index (χ4n) is 1.06. The SMILES string of the molecule is O=[N+]([O-])c1ccc([N+](=O)[O-])c(S(=O)(=O)[O-])c1Cl.[Li+]. The van der Waals surface area contributed by atoms with E-state index >= 15 is 0 Å². The van der Waals surface area contributed by atoms with Gasteiger partial charge in [-0.25, -0.2) is 8.42 Å². The second-order valence-electron chi connectivity index (χ2n) is 2.72. The minimum absolute atomic E-state index is 0. The van der Waals surface area contributed by atoms with Gasteiger partial charge in [-0.15, -0.1) is 0 Å². The van der Waals surface area contributed by atoms with Gasteiger partial charge in [0.15, 0.2) is 4.90 Å². The van der Waals surface area contributed by atoms with E-state index in [0.717, 1.165) is 0 Å². The van der Waals surface area contributed by atoms with Gasteiger partial charge in [0.05, 0.1) is 9.85 Å². The Labute approximate surface area is 117 Å². The molecule has 0 saturated carbocycles. The number of nitrogens with zero attached hydrogens (tertiary/aromatic N) is 2. The maximum Gasteiger partial charge on any atom is 1.00 e. The van der Waals surface area contributed by atoms with Crippen LogP contribution in [0.1, 0.15) is 0 Å². The predicted molar refractivity (Wildman–Crippen MR) is 52.7 cm³/mol. The van der Waals surface area contributed by atoms with Crippen LogP contribution in [0.5, 0.6) is 0 Å². The molecular formula is C6H2ClLiN2O7S. The van der Waals surface area contributed by atoms with Crippen LogP contribution in [0.4, 0.5) is 11.4 Å². The van der Waals surface area contributed by atoms with Crippen LogP contribution >= 0.6 is 11.6 Å². The van der Waals surface area contributed by atoms with Crippen molar-refractivity contribution in [2.45, 2.75) is 4.90 Å². The summed E-state index contributed by atoms with van der Waals surface area (Å²) in [6, 6.07) is 1.18. The molecule has 0 amide bonds. The number of halogens is 1. The molecule has 1 aromatic carbocycles. The van der Waals surface area contributed by atoms with E-state index in [1.165, 1.54) is 0 Å². The van der Waals surface area contributed by atoms with E-state index in [-0.39, 0.29) is 18.9 Å². The van der Waals surface area contributed by atoms with Gasteiger partial charge in [-0.3, -0.25) is 20.2 Å². The predicted octanol–water partition coefficient (Wildman–Crippen LogP) is -1.94. The van der Waals surface area contributed by atoms with Crippen LogP contribution in [-0.4, -0.2) is 22.8 Å². The molecule has 0 aliphatic heterocycles. The van der Waals surface area contributed by atoms with Crippen LogP contribution in [0.15, 0.2) is 17.0 Å². The summed E-state index contributed by atoms with van der Waals surface area (Å²) in [7, 11) is -5.29. The molecule has 0 aromatic heterocycles.